The third kappa shape index (κ3) is 4.04. The number of hydrogen-bond acceptors (Lipinski definition) is 4. The van der Waals surface area contributed by atoms with Crippen LogP contribution >= 0.6 is 0 Å². The second-order valence-electron chi connectivity index (χ2n) is 6.94. The number of hydrogen-bond donors (Lipinski definition) is 3. The fourth-order valence-corrected chi connectivity index (χ4v) is 3.85. The Balaban J connectivity index is 1.52. The lowest BCUT2D eigenvalue weighted by molar-refractivity contribution is 0.303. The number of piperidine rings is 1. The van der Waals surface area contributed by atoms with Gasteiger partial charge in [0.15, 0.2) is 0 Å². The van der Waals surface area contributed by atoms with Gasteiger partial charge in [-0.3, -0.25) is 0 Å². The van der Waals surface area contributed by atoms with E-state index in [4.69, 9.17) is 4.74 Å². The quantitative estimate of drug-likeness (QED) is 0.626. The van der Waals surface area contributed by atoms with Gasteiger partial charge in [-0.25, -0.2) is 4.98 Å². The molecule has 3 N–H and O–H groups in total. The summed E-state index contributed by atoms with van der Waals surface area (Å²) in [7, 11) is 1.72. The Labute approximate surface area is 160 Å². The molecule has 3 aromatic rings. The van der Waals surface area contributed by atoms with Gasteiger partial charge in [-0.1, -0.05) is 30.3 Å². The van der Waals surface area contributed by atoms with Crippen LogP contribution < -0.4 is 15.4 Å². The second-order valence-corrected chi connectivity index (χ2v) is 6.94. The van der Waals surface area contributed by atoms with Gasteiger partial charge < -0.3 is 20.4 Å². The average Bonchev–Trinajstić information content (AvgIpc) is 3.28. The molecule has 27 heavy (non-hydrogen) atoms. The van der Waals surface area contributed by atoms with Crippen LogP contribution in [0.25, 0.3) is 11.4 Å². The van der Waals surface area contributed by atoms with E-state index in [1.165, 1.54) is 12.0 Å². The maximum atomic E-state index is 5.58. The predicted molar refractivity (Wildman–Crippen MR) is 108 cm³/mol. The molecule has 5 heteroatoms. The van der Waals surface area contributed by atoms with Crippen molar-refractivity contribution in [2.24, 2.45) is 0 Å². The number of H-pyrrole nitrogens is 1. The fourth-order valence-electron chi connectivity index (χ4n) is 3.85. The van der Waals surface area contributed by atoms with E-state index < -0.39 is 0 Å². The summed E-state index contributed by atoms with van der Waals surface area (Å²) in [5, 5.41) is 7.44. The number of aromatic amines is 1. The van der Waals surface area contributed by atoms with E-state index >= 15 is 0 Å². The lowest BCUT2D eigenvalue weighted by atomic mass is 9.92. The SMILES string of the molecule is COc1ccc(-c2ncc[nH]2)cc1CN[C@H]1CCCN[C@H]1c1ccccc1. The van der Waals surface area contributed by atoms with E-state index in [9.17, 15) is 0 Å². The van der Waals surface area contributed by atoms with Crippen LogP contribution in [0.5, 0.6) is 5.75 Å². The summed E-state index contributed by atoms with van der Waals surface area (Å²) in [6.07, 6.45) is 5.96. The lowest BCUT2D eigenvalue weighted by Crippen LogP contribution is -2.45. The molecule has 1 aromatic heterocycles. The Hall–Kier alpha value is -2.63. The number of nitrogens with one attached hydrogen (secondary N) is 3. The van der Waals surface area contributed by atoms with Crippen molar-refractivity contribution in [2.75, 3.05) is 13.7 Å². The van der Waals surface area contributed by atoms with Crippen LogP contribution in [-0.2, 0) is 6.54 Å². The second kappa shape index (κ2) is 8.37. The van der Waals surface area contributed by atoms with Crippen molar-refractivity contribution < 1.29 is 4.74 Å². The molecule has 5 nitrogen and oxygen atoms in total. The molecule has 1 saturated heterocycles. The molecular formula is C22H26N4O. The third-order valence-corrected chi connectivity index (χ3v) is 5.22. The first kappa shape index (κ1) is 17.8. The van der Waals surface area contributed by atoms with Crippen LogP contribution in [0.1, 0.15) is 30.0 Å². The molecule has 0 amide bonds. The molecule has 2 aromatic carbocycles. The van der Waals surface area contributed by atoms with Crippen LogP contribution in [0.4, 0.5) is 0 Å². The topological polar surface area (TPSA) is 62.0 Å². The van der Waals surface area contributed by atoms with Crippen molar-refractivity contribution in [3.05, 3.63) is 72.1 Å². The molecule has 0 saturated carbocycles. The zero-order valence-electron chi connectivity index (χ0n) is 15.6. The van der Waals surface area contributed by atoms with E-state index in [1.54, 1.807) is 13.3 Å². The van der Waals surface area contributed by atoms with Crippen LogP contribution in [0.15, 0.2) is 60.9 Å². The smallest absolute Gasteiger partial charge is 0.137 e. The number of nitrogens with zero attached hydrogens (tertiary/aromatic N) is 1. The molecule has 1 aliphatic rings. The molecular weight excluding hydrogens is 336 g/mol. The Morgan fingerprint density at radius 2 is 2.07 bits per heavy atom. The number of benzene rings is 2. The standard InChI is InChI=1S/C22H26N4O/c1-27-20-10-9-17(22-24-12-13-25-22)14-18(20)15-26-19-8-5-11-23-21(19)16-6-3-2-4-7-16/h2-4,6-7,9-10,12-14,19,21,23,26H,5,8,11,15H2,1H3,(H,24,25)/t19-,21-/m0/s1. The summed E-state index contributed by atoms with van der Waals surface area (Å²) in [4.78, 5) is 7.53. The molecule has 0 bridgehead atoms. The van der Waals surface area contributed by atoms with Crippen molar-refractivity contribution in [1.82, 2.24) is 20.6 Å². The largest absolute Gasteiger partial charge is 0.496 e. The van der Waals surface area contributed by atoms with E-state index in [0.29, 0.717) is 12.1 Å². The first-order valence-electron chi connectivity index (χ1n) is 9.53. The summed E-state index contributed by atoms with van der Waals surface area (Å²) >= 11 is 0. The van der Waals surface area contributed by atoms with Gasteiger partial charge in [-0.2, -0.15) is 0 Å². The van der Waals surface area contributed by atoms with Gasteiger partial charge in [-0.15, -0.1) is 0 Å². The van der Waals surface area contributed by atoms with Gasteiger partial charge in [0.2, 0.25) is 0 Å². The molecule has 4 rings (SSSR count). The highest BCUT2D eigenvalue weighted by atomic mass is 16.5. The molecule has 0 spiro atoms. The number of ether oxygens (including phenoxy) is 1. The van der Waals surface area contributed by atoms with Gasteiger partial charge in [-0.05, 0) is 43.1 Å². The summed E-state index contributed by atoms with van der Waals surface area (Å²) < 4.78 is 5.58. The first-order chi connectivity index (χ1) is 13.3. The predicted octanol–water partition coefficient (Wildman–Crippen LogP) is 3.67. The van der Waals surface area contributed by atoms with Crippen LogP contribution in [0.2, 0.25) is 0 Å². The zero-order valence-corrected chi connectivity index (χ0v) is 15.6. The Bertz CT molecular complexity index is 848. The highest BCUT2D eigenvalue weighted by Crippen LogP contribution is 2.27. The molecule has 1 aliphatic heterocycles. The van der Waals surface area contributed by atoms with E-state index in [-0.39, 0.29) is 0 Å². The molecule has 0 unspecified atom stereocenters. The lowest BCUT2D eigenvalue weighted by Gasteiger charge is -2.34. The molecule has 140 valence electrons. The van der Waals surface area contributed by atoms with E-state index in [2.05, 4.69) is 57.0 Å². The maximum absolute atomic E-state index is 5.58. The van der Waals surface area contributed by atoms with Crippen LogP contribution in [-0.4, -0.2) is 29.7 Å². The van der Waals surface area contributed by atoms with Gasteiger partial charge in [0.25, 0.3) is 0 Å². The summed E-state index contributed by atoms with van der Waals surface area (Å²) in [6.45, 7) is 1.82. The summed E-state index contributed by atoms with van der Waals surface area (Å²) in [5.41, 5.74) is 3.55. The molecule has 2 atom stereocenters. The normalized spacial score (nSPS) is 19.7. The Morgan fingerprint density at radius 3 is 2.85 bits per heavy atom. The fraction of sp³-hybridized carbons (Fsp3) is 0.318. The molecule has 0 aliphatic carbocycles. The van der Waals surface area contributed by atoms with Gasteiger partial charge in [0.05, 0.1) is 7.11 Å². The van der Waals surface area contributed by atoms with E-state index in [0.717, 1.165) is 42.2 Å². The number of aromatic nitrogens is 2. The highest BCUT2D eigenvalue weighted by molar-refractivity contribution is 5.58. The third-order valence-electron chi connectivity index (χ3n) is 5.22. The average molecular weight is 362 g/mol. The molecule has 0 radical (unpaired) electrons. The monoisotopic (exact) mass is 362 g/mol. The van der Waals surface area contributed by atoms with Gasteiger partial charge in [0.1, 0.15) is 11.6 Å². The molecule has 2 heterocycles. The van der Waals surface area contributed by atoms with Gasteiger partial charge in [0, 0.05) is 42.1 Å². The summed E-state index contributed by atoms with van der Waals surface area (Å²) in [6, 6.07) is 17.6. The zero-order chi connectivity index (χ0) is 18.5. The van der Waals surface area contributed by atoms with Gasteiger partial charge >= 0.3 is 0 Å². The van der Waals surface area contributed by atoms with Crippen molar-refractivity contribution in [3.8, 4) is 17.1 Å². The van der Waals surface area contributed by atoms with Crippen LogP contribution in [0.3, 0.4) is 0 Å². The summed E-state index contributed by atoms with van der Waals surface area (Å²) in [5.74, 6) is 1.78. The van der Waals surface area contributed by atoms with Crippen molar-refractivity contribution in [1.29, 1.82) is 0 Å². The number of methoxy groups -OCH3 is 1. The maximum Gasteiger partial charge on any atom is 0.137 e. The molecule has 1 fully saturated rings. The van der Waals surface area contributed by atoms with Crippen molar-refractivity contribution >= 4 is 0 Å². The first-order valence-corrected chi connectivity index (χ1v) is 9.53. The highest BCUT2D eigenvalue weighted by Gasteiger charge is 2.25. The number of rotatable bonds is 6. The van der Waals surface area contributed by atoms with Crippen molar-refractivity contribution in [3.63, 3.8) is 0 Å². The number of imidazole rings is 1. The van der Waals surface area contributed by atoms with Crippen molar-refractivity contribution in [2.45, 2.75) is 31.5 Å². The van der Waals surface area contributed by atoms with Crippen LogP contribution in [0, 0.1) is 0 Å². The Kier molecular flexibility index (Phi) is 5.51. The Morgan fingerprint density at radius 1 is 1.19 bits per heavy atom. The van der Waals surface area contributed by atoms with E-state index in [1.807, 2.05) is 18.3 Å². The minimum atomic E-state index is 0.333. The minimum Gasteiger partial charge on any atom is -0.496 e. The minimum absolute atomic E-state index is 0.333.